The Morgan fingerprint density at radius 1 is 1.63 bits per heavy atom. The molecule has 1 saturated heterocycles. The van der Waals surface area contributed by atoms with E-state index in [0.29, 0.717) is 31.1 Å². The molecule has 0 saturated carbocycles. The van der Waals surface area contributed by atoms with Crippen molar-refractivity contribution in [2.24, 2.45) is 5.92 Å². The summed E-state index contributed by atoms with van der Waals surface area (Å²) in [5, 5.41) is 8.98. The number of likely N-dealkylation sites (tertiary alicyclic amines) is 1. The molecule has 0 aliphatic carbocycles. The fourth-order valence-electron chi connectivity index (χ4n) is 2.50. The number of oxazole rings is 1. The van der Waals surface area contributed by atoms with Crippen molar-refractivity contribution in [3.63, 3.8) is 0 Å². The minimum absolute atomic E-state index is 0.244. The maximum atomic E-state index is 10.9. The van der Waals surface area contributed by atoms with Gasteiger partial charge in [0, 0.05) is 26.2 Å². The molecule has 1 atom stereocenters. The normalized spacial score (nSPS) is 20.2. The van der Waals surface area contributed by atoms with E-state index < -0.39 is 5.97 Å². The van der Waals surface area contributed by atoms with Crippen LogP contribution in [0, 0.1) is 12.8 Å². The lowest BCUT2D eigenvalue weighted by Crippen LogP contribution is -2.22. The lowest BCUT2D eigenvalue weighted by Gasteiger charge is -2.14. The summed E-state index contributed by atoms with van der Waals surface area (Å²) in [6.07, 6.45) is 2.48. The molecule has 1 aliphatic rings. The first kappa shape index (κ1) is 12.1. The van der Waals surface area contributed by atoms with Crippen LogP contribution in [0.4, 0.5) is 0 Å². The van der Waals surface area contributed by atoms with Crippen molar-refractivity contribution < 1.29 is 14.3 Å². The van der Waals surface area contributed by atoms with Crippen LogP contribution in [0.3, 0.4) is 0 Å². The van der Waals surface area contributed by atoms with Gasteiger partial charge in [-0.25, -0.2) is 9.97 Å². The van der Waals surface area contributed by atoms with Crippen molar-refractivity contribution in [1.82, 2.24) is 14.9 Å². The Morgan fingerprint density at radius 2 is 2.47 bits per heavy atom. The number of hydrogen-bond donors (Lipinski definition) is 1. The molecule has 1 aliphatic heterocycles. The van der Waals surface area contributed by atoms with Crippen LogP contribution in [-0.4, -0.2) is 39.0 Å². The number of carboxylic acids is 1. The second-order valence-corrected chi connectivity index (χ2v) is 4.96. The SMILES string of the molecule is Cc1nc2cc(CN3CCC(C(=O)O)C3)cnc2o1. The summed E-state index contributed by atoms with van der Waals surface area (Å²) in [6, 6.07) is 1.95. The fourth-order valence-corrected chi connectivity index (χ4v) is 2.50. The van der Waals surface area contributed by atoms with E-state index >= 15 is 0 Å². The summed E-state index contributed by atoms with van der Waals surface area (Å²) in [6.45, 7) is 3.91. The molecule has 19 heavy (non-hydrogen) atoms. The highest BCUT2D eigenvalue weighted by Gasteiger charge is 2.27. The Morgan fingerprint density at radius 3 is 3.21 bits per heavy atom. The number of aryl methyl sites for hydroxylation is 1. The molecule has 1 fully saturated rings. The van der Waals surface area contributed by atoms with Crippen LogP contribution in [0.5, 0.6) is 0 Å². The van der Waals surface area contributed by atoms with Crippen molar-refractivity contribution in [3.05, 3.63) is 23.7 Å². The first-order chi connectivity index (χ1) is 9.11. The zero-order chi connectivity index (χ0) is 13.4. The van der Waals surface area contributed by atoms with Gasteiger partial charge in [-0.3, -0.25) is 9.69 Å². The van der Waals surface area contributed by atoms with Gasteiger partial charge >= 0.3 is 5.97 Å². The Balaban J connectivity index is 1.73. The number of rotatable bonds is 3. The Hall–Kier alpha value is -1.95. The molecule has 3 rings (SSSR count). The molecule has 1 unspecified atom stereocenters. The van der Waals surface area contributed by atoms with Crippen LogP contribution < -0.4 is 0 Å². The lowest BCUT2D eigenvalue weighted by molar-refractivity contribution is -0.141. The number of aromatic nitrogens is 2. The van der Waals surface area contributed by atoms with Crippen LogP contribution in [-0.2, 0) is 11.3 Å². The second kappa shape index (κ2) is 4.62. The maximum absolute atomic E-state index is 10.9. The van der Waals surface area contributed by atoms with Gasteiger partial charge in [-0.05, 0) is 24.6 Å². The van der Waals surface area contributed by atoms with Gasteiger partial charge in [0.05, 0.1) is 5.92 Å². The highest BCUT2D eigenvalue weighted by Crippen LogP contribution is 2.20. The highest BCUT2D eigenvalue weighted by atomic mass is 16.4. The molecule has 0 spiro atoms. The number of fused-ring (bicyclic) bond motifs is 1. The molecule has 0 aromatic carbocycles. The van der Waals surface area contributed by atoms with Crippen LogP contribution >= 0.6 is 0 Å². The molecule has 0 radical (unpaired) electrons. The zero-order valence-electron chi connectivity index (χ0n) is 10.7. The first-order valence-electron chi connectivity index (χ1n) is 6.29. The number of hydrogen-bond acceptors (Lipinski definition) is 5. The van der Waals surface area contributed by atoms with E-state index in [1.165, 1.54) is 0 Å². The molecule has 2 aromatic heterocycles. The standard InChI is InChI=1S/C13H15N3O3/c1-8-15-11-4-9(5-14-12(11)19-8)6-16-3-2-10(7-16)13(17)18/h4-5,10H,2-3,6-7H2,1H3,(H,17,18). The molecule has 1 N–H and O–H groups in total. The van der Waals surface area contributed by atoms with Crippen LogP contribution in [0.15, 0.2) is 16.7 Å². The predicted molar refractivity (Wildman–Crippen MR) is 67.6 cm³/mol. The molecule has 0 bridgehead atoms. The molecule has 2 aromatic rings. The summed E-state index contributed by atoms with van der Waals surface area (Å²) in [5.74, 6) is -0.346. The van der Waals surface area contributed by atoms with Gasteiger partial charge in [0.2, 0.25) is 5.71 Å². The topological polar surface area (TPSA) is 79.5 Å². The molecule has 6 nitrogen and oxygen atoms in total. The Bertz CT molecular complexity index is 623. The van der Waals surface area contributed by atoms with Crippen molar-refractivity contribution in [2.45, 2.75) is 19.9 Å². The van der Waals surface area contributed by atoms with E-state index in [0.717, 1.165) is 17.6 Å². The minimum atomic E-state index is -0.705. The third kappa shape index (κ3) is 2.44. The molecule has 100 valence electrons. The van der Waals surface area contributed by atoms with Crippen molar-refractivity contribution >= 4 is 17.2 Å². The maximum Gasteiger partial charge on any atom is 0.307 e. The van der Waals surface area contributed by atoms with Crippen LogP contribution in [0.25, 0.3) is 11.2 Å². The summed E-state index contributed by atoms with van der Waals surface area (Å²) >= 11 is 0. The number of carboxylic acid groups (broad SMARTS) is 1. The smallest absolute Gasteiger partial charge is 0.307 e. The lowest BCUT2D eigenvalue weighted by atomic mass is 10.1. The van der Waals surface area contributed by atoms with E-state index in [9.17, 15) is 4.79 Å². The van der Waals surface area contributed by atoms with Gasteiger partial charge in [0.1, 0.15) is 5.52 Å². The van der Waals surface area contributed by atoms with Gasteiger partial charge in [0.15, 0.2) is 5.89 Å². The third-order valence-electron chi connectivity index (χ3n) is 3.44. The van der Waals surface area contributed by atoms with Crippen LogP contribution in [0.2, 0.25) is 0 Å². The van der Waals surface area contributed by atoms with Gasteiger partial charge < -0.3 is 9.52 Å². The summed E-state index contributed by atoms with van der Waals surface area (Å²) < 4.78 is 5.33. The van der Waals surface area contributed by atoms with E-state index in [-0.39, 0.29) is 5.92 Å². The number of carbonyl (C=O) groups is 1. The third-order valence-corrected chi connectivity index (χ3v) is 3.44. The zero-order valence-corrected chi connectivity index (χ0v) is 10.7. The van der Waals surface area contributed by atoms with Crippen molar-refractivity contribution in [3.8, 4) is 0 Å². The second-order valence-electron chi connectivity index (χ2n) is 4.96. The Labute approximate surface area is 110 Å². The van der Waals surface area contributed by atoms with Crippen molar-refractivity contribution in [1.29, 1.82) is 0 Å². The summed E-state index contributed by atoms with van der Waals surface area (Å²) in [7, 11) is 0. The highest BCUT2D eigenvalue weighted by molar-refractivity contribution is 5.70. The quantitative estimate of drug-likeness (QED) is 0.900. The van der Waals surface area contributed by atoms with E-state index in [1.807, 2.05) is 6.07 Å². The van der Waals surface area contributed by atoms with Gasteiger partial charge in [-0.2, -0.15) is 0 Å². The number of aliphatic carboxylic acids is 1. The largest absolute Gasteiger partial charge is 0.481 e. The molecule has 6 heteroatoms. The van der Waals surface area contributed by atoms with Crippen LogP contribution in [0.1, 0.15) is 17.9 Å². The fraction of sp³-hybridized carbons (Fsp3) is 0.462. The van der Waals surface area contributed by atoms with Crippen molar-refractivity contribution in [2.75, 3.05) is 13.1 Å². The predicted octanol–water partition coefficient (Wildman–Crippen LogP) is 1.44. The Kier molecular flexibility index (Phi) is 2.94. The monoisotopic (exact) mass is 261 g/mol. The van der Waals surface area contributed by atoms with E-state index in [1.54, 1.807) is 13.1 Å². The van der Waals surface area contributed by atoms with Gasteiger partial charge in [-0.1, -0.05) is 0 Å². The molecule has 3 heterocycles. The van der Waals surface area contributed by atoms with E-state index in [2.05, 4.69) is 14.9 Å². The number of nitrogens with zero attached hydrogens (tertiary/aromatic N) is 3. The molecular formula is C13H15N3O3. The average molecular weight is 261 g/mol. The summed E-state index contributed by atoms with van der Waals surface area (Å²) in [4.78, 5) is 21.5. The summed E-state index contributed by atoms with van der Waals surface area (Å²) in [5.41, 5.74) is 2.34. The number of pyridine rings is 1. The average Bonchev–Trinajstić information content (AvgIpc) is 2.94. The van der Waals surface area contributed by atoms with E-state index in [4.69, 9.17) is 9.52 Å². The van der Waals surface area contributed by atoms with Gasteiger partial charge in [-0.15, -0.1) is 0 Å². The molecular weight excluding hydrogens is 246 g/mol. The van der Waals surface area contributed by atoms with Gasteiger partial charge in [0.25, 0.3) is 0 Å². The molecule has 0 amide bonds. The minimum Gasteiger partial charge on any atom is -0.481 e. The first-order valence-corrected chi connectivity index (χ1v) is 6.29.